The van der Waals surface area contributed by atoms with E-state index in [1.165, 1.54) is 16.0 Å². The smallest absolute Gasteiger partial charge is 0.114 e. The summed E-state index contributed by atoms with van der Waals surface area (Å²) in [6.45, 7) is 0. The molecule has 0 saturated heterocycles. The Morgan fingerprint density at radius 3 is 2.82 bits per heavy atom. The maximum absolute atomic E-state index is 8.60. The van der Waals surface area contributed by atoms with E-state index in [1.807, 2.05) is 30.3 Å². The molecule has 3 heteroatoms. The van der Waals surface area contributed by atoms with Crippen molar-refractivity contribution in [3.63, 3.8) is 0 Å². The predicted octanol–water partition coefficient (Wildman–Crippen LogP) is 2.70. The first kappa shape index (κ1) is 6.64. The fraction of sp³-hybridized carbons (Fsp3) is 0. The first-order chi connectivity index (χ1) is 5.40. The Balaban J connectivity index is 2.69. The van der Waals surface area contributed by atoms with Crippen LogP contribution in [0.1, 0.15) is 0 Å². The average Bonchev–Trinajstić information content (AvgIpc) is 2.46. The van der Waals surface area contributed by atoms with Gasteiger partial charge in [0.1, 0.15) is 5.00 Å². The summed E-state index contributed by atoms with van der Waals surface area (Å²) >= 11 is 1.54. The normalized spacial score (nSPS) is 10.3. The Kier molecular flexibility index (Phi) is 1.52. The van der Waals surface area contributed by atoms with E-state index in [0.717, 1.165) is 10.4 Å². The highest BCUT2D eigenvalue weighted by atomic mass is 32.1. The van der Waals surface area contributed by atoms with Gasteiger partial charge >= 0.3 is 0 Å². The predicted molar refractivity (Wildman–Crippen MR) is 47.2 cm³/mol. The second-order valence-electron chi connectivity index (χ2n) is 2.26. The van der Waals surface area contributed by atoms with Gasteiger partial charge in [-0.25, -0.2) is 0 Å². The van der Waals surface area contributed by atoms with Crippen LogP contribution in [0, 0.1) is 0 Å². The van der Waals surface area contributed by atoms with Crippen molar-refractivity contribution < 1.29 is 5.21 Å². The van der Waals surface area contributed by atoms with E-state index in [1.54, 1.807) is 0 Å². The van der Waals surface area contributed by atoms with Crippen LogP contribution in [-0.2, 0) is 0 Å². The van der Waals surface area contributed by atoms with Gasteiger partial charge in [0.15, 0.2) is 0 Å². The van der Waals surface area contributed by atoms with Crippen LogP contribution < -0.4 is 5.48 Å². The fourth-order valence-corrected chi connectivity index (χ4v) is 1.90. The maximum atomic E-state index is 8.60. The summed E-state index contributed by atoms with van der Waals surface area (Å²) < 4.78 is 1.18. The minimum absolute atomic E-state index is 0.784. The Labute approximate surface area is 68.1 Å². The van der Waals surface area contributed by atoms with Gasteiger partial charge in [-0.3, -0.25) is 10.7 Å². The average molecular weight is 165 g/mol. The Hall–Kier alpha value is -1.06. The number of rotatable bonds is 1. The van der Waals surface area contributed by atoms with Gasteiger partial charge in [0, 0.05) is 4.70 Å². The molecule has 11 heavy (non-hydrogen) atoms. The van der Waals surface area contributed by atoms with Crippen LogP contribution in [0.5, 0.6) is 0 Å². The summed E-state index contributed by atoms with van der Waals surface area (Å²) in [4.78, 5) is 0. The molecule has 2 N–H and O–H groups in total. The molecule has 1 aromatic carbocycles. The molecule has 0 aliphatic rings. The molecular weight excluding hydrogens is 158 g/mol. The number of hydrogen-bond donors (Lipinski definition) is 2. The summed E-state index contributed by atoms with van der Waals surface area (Å²) in [6.07, 6.45) is 0. The van der Waals surface area contributed by atoms with Gasteiger partial charge in [-0.05, 0) is 17.5 Å². The van der Waals surface area contributed by atoms with Crippen molar-refractivity contribution >= 4 is 26.4 Å². The van der Waals surface area contributed by atoms with E-state index in [4.69, 9.17) is 5.21 Å². The molecule has 1 aromatic heterocycles. The number of hydrogen-bond acceptors (Lipinski definition) is 3. The third-order valence-electron chi connectivity index (χ3n) is 1.54. The topological polar surface area (TPSA) is 32.3 Å². The molecule has 0 radical (unpaired) electrons. The highest BCUT2D eigenvalue weighted by Crippen LogP contribution is 2.28. The summed E-state index contributed by atoms with van der Waals surface area (Å²) in [5.41, 5.74) is 2.13. The molecule has 0 atom stereocenters. The summed E-state index contributed by atoms with van der Waals surface area (Å²) in [5, 5.41) is 10.5. The highest BCUT2D eigenvalue weighted by molar-refractivity contribution is 7.22. The molecule has 0 amide bonds. The van der Waals surface area contributed by atoms with Crippen LogP contribution in [0.3, 0.4) is 0 Å². The minimum Gasteiger partial charge on any atom is -0.290 e. The molecule has 0 fully saturated rings. The van der Waals surface area contributed by atoms with E-state index in [0.29, 0.717) is 0 Å². The molecule has 1 heterocycles. The zero-order valence-electron chi connectivity index (χ0n) is 5.74. The molecule has 2 aromatic rings. The van der Waals surface area contributed by atoms with Crippen molar-refractivity contribution in [1.82, 2.24) is 0 Å². The number of thiophene rings is 1. The minimum atomic E-state index is 0.784. The number of anilines is 1. The van der Waals surface area contributed by atoms with E-state index in [9.17, 15) is 0 Å². The maximum Gasteiger partial charge on any atom is 0.114 e. The Bertz CT molecular complexity index is 336. The summed E-state index contributed by atoms with van der Waals surface area (Å²) in [6, 6.07) is 9.93. The molecular formula is C8H7NOS. The van der Waals surface area contributed by atoms with Crippen LogP contribution >= 0.6 is 11.3 Å². The van der Waals surface area contributed by atoms with E-state index >= 15 is 0 Å². The van der Waals surface area contributed by atoms with Crippen molar-refractivity contribution in [3.05, 3.63) is 30.3 Å². The van der Waals surface area contributed by atoms with Gasteiger partial charge in [0.25, 0.3) is 0 Å². The first-order valence-corrected chi connectivity index (χ1v) is 4.10. The second-order valence-corrected chi connectivity index (χ2v) is 3.34. The number of nitrogens with one attached hydrogen (secondary N) is 1. The lowest BCUT2D eigenvalue weighted by Crippen LogP contribution is -1.81. The lowest BCUT2D eigenvalue weighted by molar-refractivity contribution is 0.391. The molecule has 56 valence electrons. The van der Waals surface area contributed by atoms with Gasteiger partial charge in [-0.15, -0.1) is 11.3 Å². The SMILES string of the molecule is ONc1cc2ccccc2s1. The molecule has 0 spiro atoms. The number of benzene rings is 1. The molecule has 0 aliphatic heterocycles. The van der Waals surface area contributed by atoms with Crippen molar-refractivity contribution in [2.45, 2.75) is 0 Å². The van der Waals surface area contributed by atoms with Crippen LogP contribution in [0.15, 0.2) is 30.3 Å². The summed E-state index contributed by atoms with van der Waals surface area (Å²) in [5.74, 6) is 0. The van der Waals surface area contributed by atoms with Crippen molar-refractivity contribution in [2.75, 3.05) is 5.48 Å². The molecule has 2 rings (SSSR count). The van der Waals surface area contributed by atoms with Crippen molar-refractivity contribution in [3.8, 4) is 0 Å². The fourth-order valence-electron chi connectivity index (χ4n) is 1.04. The molecule has 0 aliphatic carbocycles. The van der Waals surface area contributed by atoms with Gasteiger partial charge in [-0.1, -0.05) is 18.2 Å². The van der Waals surface area contributed by atoms with Crippen molar-refractivity contribution in [1.29, 1.82) is 0 Å². The Morgan fingerprint density at radius 2 is 2.09 bits per heavy atom. The molecule has 0 unspecified atom stereocenters. The van der Waals surface area contributed by atoms with Crippen LogP contribution in [-0.4, -0.2) is 5.21 Å². The summed E-state index contributed by atoms with van der Waals surface area (Å²) in [7, 11) is 0. The highest BCUT2D eigenvalue weighted by Gasteiger charge is 1.97. The third-order valence-corrected chi connectivity index (χ3v) is 2.56. The number of fused-ring (bicyclic) bond motifs is 1. The Morgan fingerprint density at radius 1 is 1.27 bits per heavy atom. The van der Waals surface area contributed by atoms with Gasteiger partial charge in [0.2, 0.25) is 0 Å². The van der Waals surface area contributed by atoms with Crippen LogP contribution in [0.25, 0.3) is 10.1 Å². The van der Waals surface area contributed by atoms with Crippen LogP contribution in [0.2, 0.25) is 0 Å². The zero-order valence-corrected chi connectivity index (χ0v) is 6.56. The largest absolute Gasteiger partial charge is 0.290 e. The monoisotopic (exact) mass is 165 g/mol. The standard InChI is InChI=1S/C8H7NOS/c10-9-8-5-6-3-1-2-4-7(6)11-8/h1-5,9-10H. The first-order valence-electron chi connectivity index (χ1n) is 3.29. The second kappa shape index (κ2) is 2.53. The lowest BCUT2D eigenvalue weighted by atomic mass is 10.3. The van der Waals surface area contributed by atoms with Crippen LogP contribution in [0.4, 0.5) is 5.00 Å². The van der Waals surface area contributed by atoms with E-state index < -0.39 is 0 Å². The van der Waals surface area contributed by atoms with Crippen molar-refractivity contribution in [2.24, 2.45) is 0 Å². The van der Waals surface area contributed by atoms with Gasteiger partial charge in [0.05, 0.1) is 0 Å². The quantitative estimate of drug-likeness (QED) is 0.637. The van der Waals surface area contributed by atoms with E-state index in [-0.39, 0.29) is 0 Å². The molecule has 0 saturated carbocycles. The third kappa shape index (κ3) is 1.08. The lowest BCUT2D eigenvalue weighted by Gasteiger charge is -1.85. The van der Waals surface area contributed by atoms with Gasteiger partial charge < -0.3 is 0 Å². The molecule has 2 nitrogen and oxygen atoms in total. The zero-order chi connectivity index (χ0) is 7.68. The molecule has 0 bridgehead atoms. The van der Waals surface area contributed by atoms with Gasteiger partial charge in [-0.2, -0.15) is 0 Å². The van der Waals surface area contributed by atoms with E-state index in [2.05, 4.69) is 5.48 Å².